The summed E-state index contributed by atoms with van der Waals surface area (Å²) in [4.78, 5) is 33.8. The van der Waals surface area contributed by atoms with Crippen molar-refractivity contribution in [2.24, 2.45) is 5.41 Å². The van der Waals surface area contributed by atoms with Crippen LogP contribution in [0.15, 0.2) is 30.5 Å². The van der Waals surface area contributed by atoms with Gasteiger partial charge >= 0.3 is 0 Å². The second-order valence-electron chi connectivity index (χ2n) is 10.9. The van der Waals surface area contributed by atoms with Crippen molar-refractivity contribution in [1.82, 2.24) is 20.2 Å². The second kappa shape index (κ2) is 11.5. The summed E-state index contributed by atoms with van der Waals surface area (Å²) >= 11 is 0. The molecule has 2 heterocycles. The van der Waals surface area contributed by atoms with Gasteiger partial charge < -0.3 is 20.5 Å². The van der Waals surface area contributed by atoms with Crippen molar-refractivity contribution >= 4 is 23.1 Å². The molecule has 8 heteroatoms. The van der Waals surface area contributed by atoms with Crippen molar-refractivity contribution in [2.75, 3.05) is 32.0 Å². The van der Waals surface area contributed by atoms with E-state index >= 15 is 0 Å². The Morgan fingerprint density at radius 3 is 2.47 bits per heavy atom. The Bertz CT molecular complexity index is 1240. The summed E-state index contributed by atoms with van der Waals surface area (Å²) in [5.41, 5.74) is 4.73. The number of piperidine rings is 1. The maximum absolute atomic E-state index is 13.0. The summed E-state index contributed by atoms with van der Waals surface area (Å²) in [5, 5.41) is 15.5. The topological polar surface area (TPSA) is 114 Å². The molecule has 1 aromatic carbocycles. The third-order valence-corrected chi connectivity index (χ3v) is 9.02. The molecule has 1 aliphatic carbocycles. The number of amides is 2. The number of carbonyl (C=O) groups is 2. The van der Waals surface area contributed by atoms with Crippen LogP contribution >= 0.6 is 0 Å². The summed E-state index contributed by atoms with van der Waals surface area (Å²) in [5.74, 6) is -0.122. The molecule has 0 saturated carbocycles. The molecular weight excluding hydrogens is 476 g/mol. The highest BCUT2D eigenvalue weighted by atomic mass is 16.2. The quantitative estimate of drug-likeness (QED) is 0.457. The molecule has 0 atom stereocenters. The smallest absolute Gasteiger partial charge is 0.291 e. The zero-order valence-electron chi connectivity index (χ0n) is 23.1. The first-order valence-corrected chi connectivity index (χ1v) is 13.8. The minimum atomic E-state index is -0.368. The Labute approximate surface area is 225 Å². The van der Waals surface area contributed by atoms with Crippen LogP contribution in [0.4, 0.5) is 5.69 Å². The number of nitrogens with zero attached hydrogens (tertiary/aromatic N) is 3. The van der Waals surface area contributed by atoms with Crippen LogP contribution in [-0.2, 0) is 10.2 Å². The number of likely N-dealkylation sites (N-methyl/N-ethyl adjacent to an activating group) is 1. The first-order valence-electron chi connectivity index (χ1n) is 13.8. The lowest BCUT2D eigenvalue weighted by Crippen LogP contribution is -2.48. The third kappa shape index (κ3) is 5.53. The van der Waals surface area contributed by atoms with Gasteiger partial charge in [0.15, 0.2) is 11.5 Å². The number of anilines is 1. The van der Waals surface area contributed by atoms with Gasteiger partial charge in [-0.1, -0.05) is 38.8 Å². The Kier molecular flexibility index (Phi) is 8.37. The number of imidazole rings is 1. The van der Waals surface area contributed by atoms with Crippen LogP contribution in [0.3, 0.4) is 0 Å². The molecule has 0 bridgehead atoms. The van der Waals surface area contributed by atoms with Gasteiger partial charge in [0.25, 0.3) is 5.91 Å². The fraction of sp³-hybridized carbons (Fsp3) is 0.533. The average molecular weight is 517 g/mol. The standard InChI is InChI=1S/C30H40N6O2/c1-5-29(6-2)11-9-22(10-12-29)25-17-23(30(20-32-4)13-15-36(16-14-30)21(3)37)7-8-26(25)35-28(38)27-33-19-24(18-31)34-27/h7-9,17,19,32H,5-6,10-16,20H2,1-4H3,(H,33,34)(H,35,38). The summed E-state index contributed by atoms with van der Waals surface area (Å²) in [6, 6.07) is 8.34. The van der Waals surface area contributed by atoms with Crippen molar-refractivity contribution in [3.05, 3.63) is 53.1 Å². The molecule has 1 aromatic heterocycles. The van der Waals surface area contributed by atoms with Gasteiger partial charge in [-0.05, 0) is 67.8 Å². The average Bonchev–Trinajstić information content (AvgIpc) is 3.43. The van der Waals surface area contributed by atoms with Gasteiger partial charge in [0.1, 0.15) is 6.07 Å². The lowest BCUT2D eigenvalue weighted by atomic mass is 9.69. The van der Waals surface area contributed by atoms with Gasteiger partial charge in [0.2, 0.25) is 5.91 Å². The highest BCUT2D eigenvalue weighted by Crippen LogP contribution is 2.46. The molecule has 38 heavy (non-hydrogen) atoms. The van der Waals surface area contributed by atoms with E-state index in [1.54, 1.807) is 6.92 Å². The van der Waals surface area contributed by atoms with E-state index in [0.717, 1.165) is 75.8 Å². The number of hydrogen-bond acceptors (Lipinski definition) is 5. The van der Waals surface area contributed by atoms with E-state index in [1.165, 1.54) is 17.3 Å². The van der Waals surface area contributed by atoms with Crippen LogP contribution in [0.2, 0.25) is 0 Å². The number of nitrogens with one attached hydrogen (secondary N) is 3. The molecule has 1 fully saturated rings. The molecule has 1 aliphatic heterocycles. The number of hydrogen-bond donors (Lipinski definition) is 3. The van der Waals surface area contributed by atoms with E-state index in [-0.39, 0.29) is 28.7 Å². The van der Waals surface area contributed by atoms with Crippen LogP contribution in [0.5, 0.6) is 0 Å². The number of carbonyl (C=O) groups excluding carboxylic acids is 2. The summed E-state index contributed by atoms with van der Waals surface area (Å²) in [6.45, 7) is 8.50. The molecule has 4 rings (SSSR count). The normalized spacial score (nSPS) is 18.4. The number of rotatable bonds is 8. The van der Waals surface area contributed by atoms with Crippen molar-refractivity contribution in [1.29, 1.82) is 5.26 Å². The molecule has 2 amide bonds. The van der Waals surface area contributed by atoms with Crippen molar-refractivity contribution in [3.63, 3.8) is 0 Å². The maximum Gasteiger partial charge on any atom is 0.291 e. The first-order chi connectivity index (χ1) is 18.3. The number of nitriles is 1. The molecular formula is C30H40N6O2. The minimum Gasteiger partial charge on any atom is -0.343 e. The number of aromatic nitrogens is 2. The van der Waals surface area contributed by atoms with E-state index in [2.05, 4.69) is 52.7 Å². The van der Waals surface area contributed by atoms with Crippen LogP contribution in [0.25, 0.3) is 5.57 Å². The number of benzene rings is 1. The van der Waals surface area contributed by atoms with Crippen molar-refractivity contribution in [2.45, 2.75) is 71.1 Å². The molecule has 3 N–H and O–H groups in total. The second-order valence-corrected chi connectivity index (χ2v) is 10.9. The maximum atomic E-state index is 13.0. The Morgan fingerprint density at radius 2 is 1.92 bits per heavy atom. The number of aromatic amines is 1. The lowest BCUT2D eigenvalue weighted by Gasteiger charge is -2.42. The number of H-pyrrole nitrogens is 1. The largest absolute Gasteiger partial charge is 0.343 e. The number of likely N-dealkylation sites (tertiary alicyclic amines) is 1. The SMILES string of the molecule is CCC1(CC)CC=C(c2cc(C3(CNC)CCN(C(C)=O)CC3)ccc2NC(=O)c2nc(C#N)c[nH]2)CC1. The fourth-order valence-electron chi connectivity index (χ4n) is 6.16. The van der Waals surface area contributed by atoms with E-state index in [4.69, 9.17) is 5.26 Å². The van der Waals surface area contributed by atoms with Crippen LogP contribution in [0, 0.1) is 16.7 Å². The van der Waals surface area contributed by atoms with Gasteiger partial charge in [-0.15, -0.1) is 0 Å². The summed E-state index contributed by atoms with van der Waals surface area (Å²) < 4.78 is 0. The molecule has 8 nitrogen and oxygen atoms in total. The molecule has 0 radical (unpaired) electrons. The predicted octanol–water partition coefficient (Wildman–Crippen LogP) is 5.01. The lowest BCUT2D eigenvalue weighted by molar-refractivity contribution is -0.130. The zero-order valence-corrected chi connectivity index (χ0v) is 23.1. The van der Waals surface area contributed by atoms with Gasteiger partial charge in [0, 0.05) is 49.4 Å². The molecule has 0 unspecified atom stereocenters. The van der Waals surface area contributed by atoms with Crippen molar-refractivity contribution < 1.29 is 9.59 Å². The third-order valence-electron chi connectivity index (χ3n) is 9.02. The summed E-state index contributed by atoms with van der Waals surface area (Å²) in [6.07, 6.45) is 11.0. The minimum absolute atomic E-state index is 0.0908. The predicted molar refractivity (Wildman–Crippen MR) is 150 cm³/mol. The van der Waals surface area contributed by atoms with Gasteiger partial charge in [-0.2, -0.15) is 5.26 Å². The first kappa shape index (κ1) is 27.6. The Hall–Kier alpha value is -3.44. The molecule has 1 saturated heterocycles. The van der Waals surface area contributed by atoms with Crippen LogP contribution in [0.1, 0.15) is 93.2 Å². The molecule has 202 valence electrons. The number of allylic oxidation sites excluding steroid dienone is 2. The highest BCUT2D eigenvalue weighted by Gasteiger charge is 2.37. The van der Waals surface area contributed by atoms with Crippen LogP contribution < -0.4 is 10.6 Å². The summed E-state index contributed by atoms with van der Waals surface area (Å²) in [7, 11) is 1.98. The molecule has 2 aromatic rings. The molecule has 0 spiro atoms. The van der Waals surface area contributed by atoms with E-state index < -0.39 is 0 Å². The Morgan fingerprint density at radius 1 is 1.18 bits per heavy atom. The molecule has 2 aliphatic rings. The zero-order chi connectivity index (χ0) is 27.3. The van der Waals surface area contributed by atoms with E-state index in [1.807, 2.05) is 24.1 Å². The van der Waals surface area contributed by atoms with Gasteiger partial charge in [0.05, 0.1) is 0 Å². The highest BCUT2D eigenvalue weighted by molar-refractivity contribution is 6.03. The fourth-order valence-corrected chi connectivity index (χ4v) is 6.16. The van der Waals surface area contributed by atoms with Crippen LogP contribution in [-0.4, -0.2) is 53.4 Å². The van der Waals surface area contributed by atoms with E-state index in [9.17, 15) is 9.59 Å². The van der Waals surface area contributed by atoms with E-state index in [0.29, 0.717) is 5.41 Å². The van der Waals surface area contributed by atoms with Gasteiger partial charge in [-0.25, -0.2) is 4.98 Å². The van der Waals surface area contributed by atoms with Crippen molar-refractivity contribution in [3.8, 4) is 6.07 Å². The Balaban J connectivity index is 1.72. The monoisotopic (exact) mass is 516 g/mol. The van der Waals surface area contributed by atoms with Gasteiger partial charge in [-0.3, -0.25) is 9.59 Å².